The summed E-state index contributed by atoms with van der Waals surface area (Å²) in [7, 11) is 0. The lowest BCUT2D eigenvalue weighted by molar-refractivity contribution is -0.384. The van der Waals surface area contributed by atoms with Gasteiger partial charge in [-0.2, -0.15) is 10.2 Å². The summed E-state index contributed by atoms with van der Waals surface area (Å²) in [5.74, 6) is 0.754. The van der Waals surface area contributed by atoms with Gasteiger partial charge in [-0.05, 0) is 36.4 Å². The molecule has 0 saturated carbocycles. The standard InChI is InChI=1S/C15H13N3O4/c19-18(20)13-5-1-11(2-6-13)16-17-12-3-7-14(8-4-12)21-9-15-10-22-15/h1-8,15H,9-10H2/t15-/m1/s1. The second-order valence-electron chi connectivity index (χ2n) is 4.73. The Morgan fingerprint density at radius 1 is 1.09 bits per heavy atom. The van der Waals surface area contributed by atoms with E-state index in [1.807, 2.05) is 12.1 Å². The number of benzene rings is 2. The largest absolute Gasteiger partial charge is 0.491 e. The molecule has 1 aliphatic heterocycles. The van der Waals surface area contributed by atoms with Gasteiger partial charge in [0.15, 0.2) is 0 Å². The lowest BCUT2D eigenvalue weighted by atomic mass is 10.3. The molecule has 0 bridgehead atoms. The Balaban J connectivity index is 1.60. The van der Waals surface area contributed by atoms with Crippen molar-refractivity contribution in [3.05, 3.63) is 58.6 Å². The van der Waals surface area contributed by atoms with Crippen LogP contribution in [0.2, 0.25) is 0 Å². The van der Waals surface area contributed by atoms with E-state index in [0.29, 0.717) is 18.0 Å². The number of hydrogen-bond donors (Lipinski definition) is 0. The fourth-order valence-corrected chi connectivity index (χ4v) is 1.72. The van der Waals surface area contributed by atoms with Gasteiger partial charge < -0.3 is 9.47 Å². The second-order valence-corrected chi connectivity index (χ2v) is 4.73. The second kappa shape index (κ2) is 6.31. The maximum Gasteiger partial charge on any atom is 0.269 e. The van der Waals surface area contributed by atoms with Gasteiger partial charge in [0, 0.05) is 12.1 Å². The Morgan fingerprint density at radius 2 is 1.64 bits per heavy atom. The van der Waals surface area contributed by atoms with Crippen LogP contribution in [0.4, 0.5) is 17.1 Å². The van der Waals surface area contributed by atoms with Gasteiger partial charge in [0.05, 0.1) is 22.9 Å². The molecule has 0 spiro atoms. The zero-order valence-electron chi connectivity index (χ0n) is 11.6. The topological polar surface area (TPSA) is 89.6 Å². The number of nitro benzene ring substituents is 1. The first-order chi connectivity index (χ1) is 10.7. The zero-order valence-corrected chi connectivity index (χ0v) is 11.6. The first-order valence-electron chi connectivity index (χ1n) is 6.71. The van der Waals surface area contributed by atoms with Crippen LogP contribution in [0.15, 0.2) is 58.8 Å². The van der Waals surface area contributed by atoms with Crippen LogP contribution in [-0.4, -0.2) is 24.2 Å². The van der Waals surface area contributed by atoms with Gasteiger partial charge in [-0.15, -0.1) is 0 Å². The molecule has 22 heavy (non-hydrogen) atoms. The minimum absolute atomic E-state index is 0.0279. The molecule has 7 heteroatoms. The zero-order chi connectivity index (χ0) is 15.4. The molecule has 0 radical (unpaired) electrons. The fraction of sp³-hybridized carbons (Fsp3) is 0.200. The molecule has 0 unspecified atom stereocenters. The number of hydrogen-bond acceptors (Lipinski definition) is 6. The van der Waals surface area contributed by atoms with Gasteiger partial charge in [-0.3, -0.25) is 10.1 Å². The lowest BCUT2D eigenvalue weighted by Gasteiger charge is -2.03. The van der Waals surface area contributed by atoms with Crippen LogP contribution in [-0.2, 0) is 4.74 Å². The van der Waals surface area contributed by atoms with Crippen LogP contribution >= 0.6 is 0 Å². The molecule has 0 aliphatic carbocycles. The molecule has 0 N–H and O–H groups in total. The summed E-state index contributed by atoms with van der Waals surface area (Å²) in [4.78, 5) is 10.1. The average Bonchev–Trinajstić information content (AvgIpc) is 3.36. The van der Waals surface area contributed by atoms with E-state index in [9.17, 15) is 10.1 Å². The molecular formula is C15H13N3O4. The van der Waals surface area contributed by atoms with E-state index in [0.717, 1.165) is 12.4 Å². The molecule has 1 heterocycles. The molecule has 0 aromatic heterocycles. The van der Waals surface area contributed by atoms with Crippen molar-refractivity contribution >= 4 is 17.1 Å². The monoisotopic (exact) mass is 299 g/mol. The number of ether oxygens (including phenoxy) is 2. The number of nitrogens with zero attached hydrogens (tertiary/aromatic N) is 3. The maximum atomic E-state index is 10.6. The first-order valence-corrected chi connectivity index (χ1v) is 6.71. The van der Waals surface area contributed by atoms with Crippen molar-refractivity contribution < 1.29 is 14.4 Å². The van der Waals surface area contributed by atoms with Crippen molar-refractivity contribution in [3.63, 3.8) is 0 Å². The van der Waals surface area contributed by atoms with E-state index in [4.69, 9.17) is 9.47 Å². The normalized spacial score (nSPS) is 16.6. The van der Waals surface area contributed by atoms with Crippen molar-refractivity contribution in [1.82, 2.24) is 0 Å². The van der Waals surface area contributed by atoms with E-state index >= 15 is 0 Å². The minimum atomic E-state index is -0.452. The third-order valence-corrected chi connectivity index (χ3v) is 3.02. The van der Waals surface area contributed by atoms with Crippen molar-refractivity contribution in [2.45, 2.75) is 6.10 Å². The van der Waals surface area contributed by atoms with Gasteiger partial charge in [0.25, 0.3) is 5.69 Å². The van der Waals surface area contributed by atoms with Crippen LogP contribution < -0.4 is 4.74 Å². The number of epoxide rings is 1. The first kappa shape index (κ1) is 14.2. The highest BCUT2D eigenvalue weighted by molar-refractivity contribution is 5.45. The van der Waals surface area contributed by atoms with E-state index in [1.165, 1.54) is 12.1 Å². The molecular weight excluding hydrogens is 286 g/mol. The number of nitro groups is 1. The van der Waals surface area contributed by atoms with E-state index < -0.39 is 4.92 Å². The van der Waals surface area contributed by atoms with Crippen molar-refractivity contribution in [3.8, 4) is 5.75 Å². The van der Waals surface area contributed by atoms with Gasteiger partial charge >= 0.3 is 0 Å². The summed E-state index contributed by atoms with van der Waals surface area (Å²) < 4.78 is 10.6. The van der Waals surface area contributed by atoms with Crippen LogP contribution in [0.5, 0.6) is 5.75 Å². The van der Waals surface area contributed by atoms with Crippen molar-refractivity contribution in [1.29, 1.82) is 0 Å². The van der Waals surface area contributed by atoms with Gasteiger partial charge in [0.1, 0.15) is 18.5 Å². The molecule has 2 aromatic rings. The smallest absolute Gasteiger partial charge is 0.269 e. The Bertz CT molecular complexity index is 679. The molecule has 1 saturated heterocycles. The predicted molar refractivity (Wildman–Crippen MR) is 78.9 cm³/mol. The minimum Gasteiger partial charge on any atom is -0.491 e. The Kier molecular flexibility index (Phi) is 4.06. The molecule has 0 amide bonds. The lowest BCUT2D eigenvalue weighted by Crippen LogP contribution is -2.03. The molecule has 112 valence electrons. The molecule has 1 aliphatic rings. The fourth-order valence-electron chi connectivity index (χ4n) is 1.72. The van der Waals surface area contributed by atoms with Crippen molar-refractivity contribution in [2.24, 2.45) is 10.2 Å². The Hall–Kier alpha value is -2.80. The maximum absolute atomic E-state index is 10.6. The highest BCUT2D eigenvalue weighted by Gasteiger charge is 2.22. The summed E-state index contributed by atoms with van der Waals surface area (Å²) in [5, 5.41) is 18.7. The summed E-state index contributed by atoms with van der Waals surface area (Å²) in [6, 6.07) is 13.1. The third-order valence-electron chi connectivity index (χ3n) is 3.02. The van der Waals surface area contributed by atoms with Crippen molar-refractivity contribution in [2.75, 3.05) is 13.2 Å². The summed E-state index contributed by atoms with van der Waals surface area (Å²) >= 11 is 0. The van der Waals surface area contributed by atoms with E-state index in [1.54, 1.807) is 24.3 Å². The number of non-ortho nitro benzene ring substituents is 1. The van der Waals surface area contributed by atoms with Crippen LogP contribution in [0.3, 0.4) is 0 Å². The van der Waals surface area contributed by atoms with Gasteiger partial charge in [-0.1, -0.05) is 0 Å². The van der Waals surface area contributed by atoms with Crippen LogP contribution in [0, 0.1) is 10.1 Å². The summed E-state index contributed by atoms with van der Waals surface area (Å²) in [6.07, 6.45) is 0.224. The molecule has 1 fully saturated rings. The molecule has 7 nitrogen and oxygen atoms in total. The third kappa shape index (κ3) is 3.86. The number of azo groups is 1. The Morgan fingerprint density at radius 3 is 2.14 bits per heavy atom. The van der Waals surface area contributed by atoms with E-state index in [2.05, 4.69) is 10.2 Å². The predicted octanol–water partition coefficient (Wildman–Crippen LogP) is 3.79. The molecule has 1 atom stereocenters. The highest BCUT2D eigenvalue weighted by atomic mass is 16.6. The van der Waals surface area contributed by atoms with Crippen LogP contribution in [0.25, 0.3) is 0 Å². The molecule has 3 rings (SSSR count). The van der Waals surface area contributed by atoms with Crippen LogP contribution in [0.1, 0.15) is 0 Å². The van der Waals surface area contributed by atoms with E-state index in [-0.39, 0.29) is 11.8 Å². The summed E-state index contributed by atoms with van der Waals surface area (Å²) in [6.45, 7) is 1.32. The molecule has 2 aromatic carbocycles. The van der Waals surface area contributed by atoms with Gasteiger partial charge in [0.2, 0.25) is 0 Å². The average molecular weight is 299 g/mol. The summed E-state index contributed by atoms with van der Waals surface area (Å²) in [5.41, 5.74) is 1.25. The highest BCUT2D eigenvalue weighted by Crippen LogP contribution is 2.23. The number of rotatable bonds is 6. The Labute approximate surface area is 126 Å². The quantitative estimate of drug-likeness (QED) is 0.351. The SMILES string of the molecule is O=[N+]([O-])c1ccc(N=Nc2ccc(OC[C@@H]3CO3)cc2)cc1. The van der Waals surface area contributed by atoms with Gasteiger partial charge in [-0.25, -0.2) is 0 Å².